The van der Waals surface area contributed by atoms with E-state index in [2.05, 4.69) is 5.32 Å². The Kier molecular flexibility index (Phi) is 6.59. The second-order valence-electron chi connectivity index (χ2n) is 6.31. The number of nitrogens with one attached hydrogen (secondary N) is 1. The van der Waals surface area contributed by atoms with Crippen LogP contribution in [0.4, 0.5) is 0 Å². The van der Waals surface area contributed by atoms with Crippen LogP contribution in [-0.4, -0.2) is 60.2 Å². The van der Waals surface area contributed by atoms with Gasteiger partial charge in [0.15, 0.2) is 5.76 Å². The second-order valence-corrected chi connectivity index (χ2v) is 7.19. The second kappa shape index (κ2) is 9.12. The van der Waals surface area contributed by atoms with Gasteiger partial charge in [-0.2, -0.15) is 0 Å². The zero-order valence-electron chi connectivity index (χ0n) is 15.0. The van der Waals surface area contributed by atoms with Crippen LogP contribution in [0.15, 0.2) is 41.0 Å². The normalized spacial score (nSPS) is 14.1. The first kappa shape index (κ1) is 20.2. The molecule has 1 N–H and O–H groups in total. The predicted molar refractivity (Wildman–Crippen MR) is 105 cm³/mol. The molecule has 0 bridgehead atoms. The summed E-state index contributed by atoms with van der Waals surface area (Å²) in [6.07, 6.45) is 1.60. The summed E-state index contributed by atoms with van der Waals surface area (Å²) in [6, 6.07) is 7.91. The van der Waals surface area contributed by atoms with Crippen LogP contribution in [0.3, 0.4) is 0 Å². The number of hydrogen-bond donors (Lipinski definition) is 1. The van der Waals surface area contributed by atoms with Crippen LogP contribution in [0.25, 0.3) is 0 Å². The van der Waals surface area contributed by atoms with E-state index >= 15 is 0 Å². The van der Waals surface area contributed by atoms with Crippen molar-refractivity contribution in [2.24, 2.45) is 0 Å². The SMILES string of the molecule is O=C(NCCC(=O)N1CCN(C(=O)c2cc(Cl)cc(Cl)c2)CC1)c1ccco1. The summed E-state index contributed by atoms with van der Waals surface area (Å²) < 4.78 is 4.99. The van der Waals surface area contributed by atoms with Crippen molar-refractivity contribution in [2.45, 2.75) is 6.42 Å². The van der Waals surface area contributed by atoms with E-state index in [1.165, 1.54) is 6.26 Å². The zero-order chi connectivity index (χ0) is 20.1. The smallest absolute Gasteiger partial charge is 0.286 e. The number of benzene rings is 1. The summed E-state index contributed by atoms with van der Waals surface area (Å²) in [4.78, 5) is 40.0. The van der Waals surface area contributed by atoms with Gasteiger partial charge in [0.05, 0.1) is 6.26 Å². The van der Waals surface area contributed by atoms with Crippen LogP contribution >= 0.6 is 23.2 Å². The van der Waals surface area contributed by atoms with Gasteiger partial charge < -0.3 is 19.5 Å². The first-order valence-electron chi connectivity index (χ1n) is 8.79. The molecule has 1 aromatic carbocycles. The average Bonchev–Trinajstić information content (AvgIpc) is 3.21. The van der Waals surface area contributed by atoms with Crippen LogP contribution in [0.2, 0.25) is 10.0 Å². The molecule has 7 nitrogen and oxygen atoms in total. The van der Waals surface area contributed by atoms with E-state index in [-0.39, 0.29) is 36.4 Å². The molecular formula is C19H19Cl2N3O4. The Morgan fingerprint density at radius 1 is 1.00 bits per heavy atom. The lowest BCUT2D eigenvalue weighted by Crippen LogP contribution is -2.51. The highest BCUT2D eigenvalue weighted by Crippen LogP contribution is 2.20. The number of carbonyl (C=O) groups is 3. The summed E-state index contributed by atoms with van der Waals surface area (Å²) in [7, 11) is 0. The third-order valence-electron chi connectivity index (χ3n) is 4.40. The molecule has 0 atom stereocenters. The lowest BCUT2D eigenvalue weighted by atomic mass is 10.1. The number of furan rings is 1. The Morgan fingerprint density at radius 2 is 1.64 bits per heavy atom. The van der Waals surface area contributed by atoms with Gasteiger partial charge in [-0.3, -0.25) is 14.4 Å². The first-order chi connectivity index (χ1) is 13.4. The third-order valence-corrected chi connectivity index (χ3v) is 4.83. The zero-order valence-corrected chi connectivity index (χ0v) is 16.5. The number of hydrogen-bond acceptors (Lipinski definition) is 4. The van der Waals surface area contributed by atoms with Crippen molar-refractivity contribution in [1.82, 2.24) is 15.1 Å². The van der Waals surface area contributed by atoms with Crippen LogP contribution in [0.1, 0.15) is 27.3 Å². The summed E-state index contributed by atoms with van der Waals surface area (Å²) in [5, 5.41) is 3.45. The lowest BCUT2D eigenvalue weighted by molar-refractivity contribution is -0.132. The van der Waals surface area contributed by atoms with Crippen molar-refractivity contribution in [1.29, 1.82) is 0 Å². The molecular weight excluding hydrogens is 405 g/mol. The van der Waals surface area contributed by atoms with Crippen molar-refractivity contribution >= 4 is 40.9 Å². The van der Waals surface area contributed by atoms with Gasteiger partial charge in [-0.05, 0) is 30.3 Å². The molecule has 0 saturated carbocycles. The monoisotopic (exact) mass is 423 g/mol. The largest absolute Gasteiger partial charge is 0.459 e. The van der Waals surface area contributed by atoms with Crippen molar-refractivity contribution in [2.75, 3.05) is 32.7 Å². The highest BCUT2D eigenvalue weighted by molar-refractivity contribution is 6.35. The number of rotatable bonds is 5. The predicted octanol–water partition coefficient (Wildman–Crippen LogP) is 2.69. The Labute approximate surface area is 172 Å². The maximum absolute atomic E-state index is 12.6. The first-order valence-corrected chi connectivity index (χ1v) is 9.54. The van der Waals surface area contributed by atoms with Gasteiger partial charge >= 0.3 is 0 Å². The molecule has 28 heavy (non-hydrogen) atoms. The maximum atomic E-state index is 12.6. The molecule has 1 aliphatic heterocycles. The highest BCUT2D eigenvalue weighted by Gasteiger charge is 2.25. The molecule has 148 valence electrons. The minimum Gasteiger partial charge on any atom is -0.459 e. The van der Waals surface area contributed by atoms with Crippen LogP contribution < -0.4 is 5.32 Å². The van der Waals surface area contributed by atoms with Crippen LogP contribution in [0.5, 0.6) is 0 Å². The molecule has 3 amide bonds. The summed E-state index contributed by atoms with van der Waals surface area (Å²) in [6.45, 7) is 1.94. The maximum Gasteiger partial charge on any atom is 0.286 e. The molecule has 0 spiro atoms. The van der Waals surface area contributed by atoms with E-state index in [0.717, 1.165) is 0 Å². The minimum absolute atomic E-state index is 0.0716. The van der Waals surface area contributed by atoms with E-state index < -0.39 is 0 Å². The van der Waals surface area contributed by atoms with Gasteiger partial charge in [-0.1, -0.05) is 23.2 Å². The standard InChI is InChI=1S/C19H19Cl2N3O4/c20-14-10-13(11-15(21)12-14)19(27)24-7-5-23(6-8-24)17(25)3-4-22-18(26)16-2-1-9-28-16/h1-2,9-12H,3-8H2,(H,22,26). The van der Waals surface area contributed by atoms with Gasteiger partial charge in [0.25, 0.3) is 11.8 Å². The molecule has 0 radical (unpaired) electrons. The van der Waals surface area contributed by atoms with Crippen molar-refractivity contribution in [3.63, 3.8) is 0 Å². The molecule has 1 aliphatic rings. The van der Waals surface area contributed by atoms with Crippen molar-refractivity contribution in [3.8, 4) is 0 Å². The Bertz CT molecular complexity index is 842. The Balaban J connectivity index is 1.44. The number of piperazine rings is 1. The molecule has 1 saturated heterocycles. The minimum atomic E-state index is -0.353. The molecule has 1 aromatic heterocycles. The van der Waals surface area contributed by atoms with Gasteiger partial charge in [0.1, 0.15) is 0 Å². The van der Waals surface area contributed by atoms with Gasteiger partial charge in [-0.15, -0.1) is 0 Å². The Morgan fingerprint density at radius 3 is 2.25 bits per heavy atom. The number of halogens is 2. The van der Waals surface area contributed by atoms with E-state index in [0.29, 0.717) is 41.8 Å². The highest BCUT2D eigenvalue weighted by atomic mass is 35.5. The van der Waals surface area contributed by atoms with Crippen molar-refractivity contribution < 1.29 is 18.8 Å². The molecule has 9 heteroatoms. The quantitative estimate of drug-likeness (QED) is 0.800. The molecule has 2 aromatic rings. The number of amides is 3. The van der Waals surface area contributed by atoms with Gasteiger partial charge in [0, 0.05) is 54.8 Å². The van der Waals surface area contributed by atoms with Crippen molar-refractivity contribution in [3.05, 3.63) is 58.0 Å². The average molecular weight is 424 g/mol. The number of carbonyl (C=O) groups excluding carboxylic acids is 3. The van der Waals surface area contributed by atoms with Gasteiger partial charge in [0.2, 0.25) is 5.91 Å². The summed E-state index contributed by atoms with van der Waals surface area (Å²) >= 11 is 11.9. The molecule has 0 aliphatic carbocycles. The Hall–Kier alpha value is -2.51. The number of nitrogens with zero attached hydrogens (tertiary/aromatic N) is 2. The third kappa shape index (κ3) is 5.05. The fourth-order valence-corrected chi connectivity index (χ4v) is 3.48. The van der Waals surface area contributed by atoms with Crippen LogP contribution in [0, 0.1) is 0 Å². The fraction of sp³-hybridized carbons (Fsp3) is 0.316. The molecule has 1 fully saturated rings. The molecule has 2 heterocycles. The lowest BCUT2D eigenvalue weighted by Gasteiger charge is -2.35. The summed E-state index contributed by atoms with van der Waals surface area (Å²) in [5.41, 5.74) is 0.429. The summed E-state index contributed by atoms with van der Waals surface area (Å²) in [5.74, 6) is -0.381. The van der Waals surface area contributed by atoms with Crippen LogP contribution in [-0.2, 0) is 4.79 Å². The van der Waals surface area contributed by atoms with E-state index in [1.54, 1.807) is 40.1 Å². The van der Waals surface area contributed by atoms with E-state index in [1.807, 2.05) is 0 Å². The van der Waals surface area contributed by atoms with E-state index in [4.69, 9.17) is 27.6 Å². The fourth-order valence-electron chi connectivity index (χ4n) is 2.95. The molecule has 3 rings (SSSR count). The topological polar surface area (TPSA) is 82.9 Å². The molecule has 0 unspecified atom stereocenters. The van der Waals surface area contributed by atoms with Gasteiger partial charge in [-0.25, -0.2) is 0 Å². The van der Waals surface area contributed by atoms with E-state index in [9.17, 15) is 14.4 Å².